The maximum atomic E-state index is 13.2. The second-order valence-electron chi connectivity index (χ2n) is 7.53. The van der Waals surface area contributed by atoms with Crippen LogP contribution < -0.4 is 0 Å². The van der Waals surface area contributed by atoms with Crippen LogP contribution >= 0.6 is 11.6 Å². The number of piperazine rings is 1. The maximum Gasteiger partial charge on any atom is 0.254 e. The van der Waals surface area contributed by atoms with Crippen LogP contribution in [0.25, 0.3) is 0 Å². The number of morpholine rings is 1. The number of halogens is 1. The average Bonchev–Trinajstić information content (AvgIpc) is 2.68. The van der Waals surface area contributed by atoms with Crippen molar-refractivity contribution in [2.45, 2.75) is 12.1 Å². The summed E-state index contributed by atoms with van der Waals surface area (Å²) in [7, 11) is -1.34. The minimum atomic E-state index is -3.01. The summed E-state index contributed by atoms with van der Waals surface area (Å²) >= 11 is 5.97. The first kappa shape index (κ1) is 22.0. The lowest BCUT2D eigenvalue weighted by atomic mass is 9.97. The Bertz CT molecular complexity index is 853. The molecule has 2 fully saturated rings. The molecule has 2 heterocycles. The topological polar surface area (TPSA) is 87.2 Å². The van der Waals surface area contributed by atoms with E-state index in [1.54, 1.807) is 41.1 Å². The van der Waals surface area contributed by atoms with Crippen molar-refractivity contribution in [3.05, 3.63) is 34.9 Å². The second kappa shape index (κ2) is 8.99. The lowest BCUT2D eigenvalue weighted by molar-refractivity contribution is -0.168. The maximum absolute atomic E-state index is 13.2. The Morgan fingerprint density at radius 3 is 2.38 bits per heavy atom. The van der Waals surface area contributed by atoms with E-state index in [2.05, 4.69) is 0 Å². The molecule has 1 aromatic rings. The van der Waals surface area contributed by atoms with Crippen LogP contribution in [0.1, 0.15) is 11.6 Å². The minimum absolute atomic E-state index is 0.109. The fourth-order valence-electron chi connectivity index (χ4n) is 3.64. The van der Waals surface area contributed by atoms with Gasteiger partial charge < -0.3 is 14.5 Å². The highest BCUT2D eigenvalue weighted by molar-refractivity contribution is 7.90. The summed E-state index contributed by atoms with van der Waals surface area (Å²) in [5.41, 5.74) is 0.787. The van der Waals surface area contributed by atoms with Crippen molar-refractivity contribution in [3.63, 3.8) is 0 Å². The monoisotopic (exact) mass is 443 g/mol. The molecular formula is C19H26ClN3O5S. The zero-order valence-electron chi connectivity index (χ0n) is 16.6. The zero-order valence-corrected chi connectivity index (χ0v) is 18.2. The fraction of sp³-hybridized carbons (Fsp3) is 0.579. The largest absolute Gasteiger partial charge is 0.356 e. The summed E-state index contributed by atoms with van der Waals surface area (Å²) in [5.74, 6) is -0.232. The van der Waals surface area contributed by atoms with Gasteiger partial charge in [-0.25, -0.2) is 8.42 Å². The van der Waals surface area contributed by atoms with Gasteiger partial charge in [0.2, 0.25) is 5.91 Å². The molecule has 0 spiro atoms. The standard InChI is InChI=1S/C19H26ClN3O5S/c1-21-16(24)13-28-18(17(21)14-3-5-15(20)6-4-14)19(25)23-9-7-22(8-10-23)11-12-29(2,26)27/h3-6,17-18H,7-13H2,1-2H3. The van der Waals surface area contributed by atoms with Gasteiger partial charge in [-0.15, -0.1) is 0 Å². The Labute approximate surface area is 176 Å². The molecule has 2 unspecified atom stereocenters. The van der Waals surface area contributed by atoms with Crippen molar-refractivity contribution in [1.82, 2.24) is 14.7 Å². The predicted molar refractivity (Wildman–Crippen MR) is 109 cm³/mol. The summed E-state index contributed by atoms with van der Waals surface area (Å²) in [4.78, 5) is 30.7. The van der Waals surface area contributed by atoms with Gasteiger partial charge in [0.1, 0.15) is 16.4 Å². The smallest absolute Gasteiger partial charge is 0.254 e. The van der Waals surface area contributed by atoms with Gasteiger partial charge in [-0.3, -0.25) is 14.5 Å². The van der Waals surface area contributed by atoms with Crippen molar-refractivity contribution in [1.29, 1.82) is 0 Å². The molecule has 2 amide bonds. The number of hydrogen-bond donors (Lipinski definition) is 0. The van der Waals surface area contributed by atoms with E-state index in [1.165, 1.54) is 6.26 Å². The Balaban J connectivity index is 1.68. The molecule has 0 aromatic heterocycles. The third kappa shape index (κ3) is 5.48. The number of likely N-dealkylation sites (N-methyl/N-ethyl adjacent to an activating group) is 1. The van der Waals surface area contributed by atoms with Gasteiger partial charge in [-0.1, -0.05) is 23.7 Å². The Morgan fingerprint density at radius 2 is 1.79 bits per heavy atom. The van der Waals surface area contributed by atoms with E-state index in [1.807, 2.05) is 4.90 Å². The summed E-state index contributed by atoms with van der Waals surface area (Å²) in [6.07, 6.45) is 0.434. The zero-order chi connectivity index (χ0) is 21.2. The molecule has 1 aromatic carbocycles. The Hall–Kier alpha value is -1.68. The SMILES string of the molecule is CN1C(=O)COC(C(=O)N2CCN(CCS(C)(=O)=O)CC2)C1c1ccc(Cl)cc1. The van der Waals surface area contributed by atoms with Crippen molar-refractivity contribution in [3.8, 4) is 0 Å². The molecule has 2 atom stereocenters. The molecule has 2 aliphatic rings. The fourth-order valence-corrected chi connectivity index (χ4v) is 4.36. The highest BCUT2D eigenvalue weighted by atomic mass is 35.5. The first-order chi connectivity index (χ1) is 13.7. The number of hydrogen-bond acceptors (Lipinski definition) is 6. The Morgan fingerprint density at radius 1 is 1.17 bits per heavy atom. The Kier molecular flexibility index (Phi) is 6.83. The van der Waals surface area contributed by atoms with Crippen LogP contribution in [0.4, 0.5) is 0 Å². The molecule has 29 heavy (non-hydrogen) atoms. The van der Waals surface area contributed by atoms with Gasteiger partial charge >= 0.3 is 0 Å². The highest BCUT2D eigenvalue weighted by Crippen LogP contribution is 2.31. The molecule has 0 aliphatic carbocycles. The third-order valence-corrected chi connectivity index (χ3v) is 6.58. The van der Waals surface area contributed by atoms with Crippen LogP contribution in [-0.4, -0.2) is 99.4 Å². The second-order valence-corrected chi connectivity index (χ2v) is 10.2. The van der Waals surface area contributed by atoms with E-state index in [-0.39, 0.29) is 24.2 Å². The summed E-state index contributed by atoms with van der Waals surface area (Å²) in [6, 6.07) is 6.53. The van der Waals surface area contributed by atoms with Gasteiger partial charge in [-0.05, 0) is 17.7 Å². The third-order valence-electron chi connectivity index (χ3n) is 5.40. The lowest BCUT2D eigenvalue weighted by Gasteiger charge is -2.42. The number of sulfone groups is 1. The van der Waals surface area contributed by atoms with Gasteiger partial charge in [0, 0.05) is 51.0 Å². The lowest BCUT2D eigenvalue weighted by Crippen LogP contribution is -2.57. The van der Waals surface area contributed by atoms with Crippen molar-refractivity contribution in [2.75, 3.05) is 58.4 Å². The van der Waals surface area contributed by atoms with E-state index >= 15 is 0 Å². The average molecular weight is 444 g/mol. The molecule has 2 aliphatic heterocycles. The summed E-state index contributed by atoms with van der Waals surface area (Å²) < 4.78 is 28.4. The van der Waals surface area contributed by atoms with E-state index in [9.17, 15) is 18.0 Å². The molecule has 0 saturated carbocycles. The van der Waals surface area contributed by atoms with Crippen LogP contribution in [0, 0.1) is 0 Å². The van der Waals surface area contributed by atoms with Gasteiger partial charge in [0.15, 0.2) is 6.10 Å². The minimum Gasteiger partial charge on any atom is -0.356 e. The van der Waals surface area contributed by atoms with Crippen molar-refractivity contribution < 1.29 is 22.7 Å². The van der Waals surface area contributed by atoms with Crippen molar-refractivity contribution in [2.24, 2.45) is 0 Å². The summed E-state index contributed by atoms with van der Waals surface area (Å²) in [6.45, 7) is 2.53. The van der Waals surface area contributed by atoms with Gasteiger partial charge in [0.25, 0.3) is 5.91 Å². The molecule has 8 nitrogen and oxygen atoms in total. The van der Waals surface area contributed by atoms with Crippen LogP contribution in [0.15, 0.2) is 24.3 Å². The van der Waals surface area contributed by atoms with Gasteiger partial charge in [0.05, 0.1) is 11.8 Å². The highest BCUT2D eigenvalue weighted by Gasteiger charge is 2.42. The van der Waals surface area contributed by atoms with Crippen LogP contribution in [0.2, 0.25) is 5.02 Å². The molecule has 3 rings (SSSR count). The number of carbonyl (C=O) groups is 2. The predicted octanol–water partition coefficient (Wildman–Crippen LogP) is 0.427. The number of rotatable bonds is 5. The molecule has 0 bridgehead atoms. The number of benzene rings is 1. The molecule has 10 heteroatoms. The van der Waals surface area contributed by atoms with E-state index in [0.717, 1.165) is 5.56 Å². The van der Waals surface area contributed by atoms with Gasteiger partial charge in [-0.2, -0.15) is 0 Å². The quantitative estimate of drug-likeness (QED) is 0.655. The van der Waals surface area contributed by atoms with Crippen LogP contribution in [0.3, 0.4) is 0 Å². The normalized spacial score (nSPS) is 24.0. The van der Waals surface area contributed by atoms with E-state index in [4.69, 9.17) is 16.3 Å². The number of ether oxygens (including phenoxy) is 1. The number of nitrogens with zero attached hydrogens (tertiary/aromatic N) is 3. The van der Waals surface area contributed by atoms with Crippen LogP contribution in [-0.2, 0) is 24.2 Å². The number of carbonyl (C=O) groups excluding carboxylic acids is 2. The number of amides is 2. The molecule has 0 N–H and O–H groups in total. The van der Waals surface area contributed by atoms with E-state index < -0.39 is 22.0 Å². The first-order valence-corrected chi connectivity index (χ1v) is 11.9. The van der Waals surface area contributed by atoms with Crippen LogP contribution in [0.5, 0.6) is 0 Å². The first-order valence-electron chi connectivity index (χ1n) is 9.47. The molecule has 0 radical (unpaired) electrons. The van der Waals surface area contributed by atoms with E-state index in [0.29, 0.717) is 37.7 Å². The molecular weight excluding hydrogens is 418 g/mol. The molecule has 2 saturated heterocycles. The van der Waals surface area contributed by atoms with Crippen molar-refractivity contribution >= 4 is 33.3 Å². The summed E-state index contributed by atoms with van der Waals surface area (Å²) in [5, 5.41) is 0.576. The molecule has 160 valence electrons.